The molecule has 2 aromatic heterocycles. The van der Waals surface area contributed by atoms with Crippen LogP contribution in [0.4, 0.5) is 0 Å². The fourth-order valence-corrected chi connectivity index (χ4v) is 3.70. The molecule has 2 heterocycles. The van der Waals surface area contributed by atoms with Crippen molar-refractivity contribution >= 4 is 17.1 Å². The van der Waals surface area contributed by atoms with Gasteiger partial charge in [-0.15, -0.1) is 0 Å². The minimum atomic E-state index is -0.600. The Hall–Kier alpha value is -4.20. The minimum Gasteiger partial charge on any atom is -0.497 e. The maximum absolute atomic E-state index is 12.7. The summed E-state index contributed by atoms with van der Waals surface area (Å²) in [7, 11) is 1.60. The van der Waals surface area contributed by atoms with Crippen LogP contribution in [0.25, 0.3) is 11.2 Å². The molecule has 0 bridgehead atoms. The molecule has 0 aliphatic carbocycles. The minimum absolute atomic E-state index is 0.201. The van der Waals surface area contributed by atoms with E-state index in [2.05, 4.69) is 10.3 Å². The summed E-state index contributed by atoms with van der Waals surface area (Å²) in [5.74, 6) is 0.525. The summed E-state index contributed by atoms with van der Waals surface area (Å²) >= 11 is 0. The highest BCUT2D eigenvalue weighted by Crippen LogP contribution is 2.13. The quantitative estimate of drug-likeness (QED) is 0.442. The van der Waals surface area contributed by atoms with Crippen molar-refractivity contribution in [3.05, 3.63) is 104 Å². The Bertz CT molecular complexity index is 1420. The van der Waals surface area contributed by atoms with Crippen LogP contribution in [0.3, 0.4) is 0 Å². The van der Waals surface area contributed by atoms with Gasteiger partial charge in [-0.2, -0.15) is 0 Å². The third kappa shape index (κ3) is 4.55. The lowest BCUT2D eigenvalue weighted by molar-refractivity contribution is 0.0951. The third-order valence-electron chi connectivity index (χ3n) is 5.45. The lowest BCUT2D eigenvalue weighted by Gasteiger charge is -2.13. The highest BCUT2D eigenvalue weighted by Gasteiger charge is 2.13. The van der Waals surface area contributed by atoms with Gasteiger partial charge in [0.2, 0.25) is 0 Å². The number of carbonyl (C=O) groups excluding carboxylic acids is 1. The first kappa shape index (κ1) is 22.0. The number of fused-ring (bicyclic) bond motifs is 1. The Morgan fingerprint density at radius 1 is 0.970 bits per heavy atom. The number of pyridine rings is 1. The number of aromatic nitrogens is 3. The first-order chi connectivity index (χ1) is 16.0. The molecule has 1 amide bonds. The molecule has 1 N–H and O–H groups in total. The number of amides is 1. The van der Waals surface area contributed by atoms with E-state index in [1.807, 2.05) is 24.3 Å². The first-order valence-corrected chi connectivity index (χ1v) is 10.6. The molecular formula is C25H24N4O4. The van der Waals surface area contributed by atoms with E-state index in [-0.39, 0.29) is 12.5 Å². The smallest absolute Gasteiger partial charge is 0.318 e. The van der Waals surface area contributed by atoms with E-state index in [0.29, 0.717) is 29.8 Å². The van der Waals surface area contributed by atoms with E-state index >= 15 is 0 Å². The standard InChI is InChI=1S/C25H24N4O4/c1-3-28-22-21(8-5-13-26-22)29(25(32)24(28)31)16-17-9-11-19(12-10-17)23(30)27-15-18-6-4-7-20(14-18)33-2/h4-14H,3,15-16H2,1-2H3,(H,27,30). The average molecular weight is 444 g/mol. The molecule has 0 spiro atoms. The van der Waals surface area contributed by atoms with Crippen LogP contribution in [0, 0.1) is 0 Å². The SMILES string of the molecule is CCn1c(=O)c(=O)n(Cc2ccc(C(=O)NCc3cccc(OC)c3)cc2)c2cccnc21. The van der Waals surface area contributed by atoms with Crippen molar-refractivity contribution in [3.63, 3.8) is 0 Å². The molecular weight excluding hydrogens is 420 g/mol. The molecule has 0 saturated heterocycles. The van der Waals surface area contributed by atoms with Crippen molar-refractivity contribution in [2.24, 2.45) is 0 Å². The second kappa shape index (κ2) is 9.52. The van der Waals surface area contributed by atoms with Crippen molar-refractivity contribution in [2.75, 3.05) is 7.11 Å². The van der Waals surface area contributed by atoms with E-state index < -0.39 is 11.1 Å². The zero-order chi connectivity index (χ0) is 23.4. The molecule has 8 heteroatoms. The number of benzene rings is 2. The number of aryl methyl sites for hydroxylation is 1. The van der Waals surface area contributed by atoms with Crippen molar-refractivity contribution in [3.8, 4) is 5.75 Å². The van der Waals surface area contributed by atoms with Gasteiger partial charge in [0.1, 0.15) is 5.75 Å². The van der Waals surface area contributed by atoms with Gasteiger partial charge < -0.3 is 10.1 Å². The molecule has 0 fully saturated rings. The number of hydrogen-bond donors (Lipinski definition) is 1. The van der Waals surface area contributed by atoms with E-state index in [9.17, 15) is 14.4 Å². The van der Waals surface area contributed by atoms with Crippen molar-refractivity contribution < 1.29 is 9.53 Å². The molecule has 0 radical (unpaired) electrons. The molecule has 2 aromatic carbocycles. The van der Waals surface area contributed by atoms with Gasteiger partial charge in [0, 0.05) is 24.8 Å². The van der Waals surface area contributed by atoms with Gasteiger partial charge in [-0.05, 0) is 54.4 Å². The Balaban J connectivity index is 1.53. The van der Waals surface area contributed by atoms with Crippen LogP contribution < -0.4 is 21.2 Å². The molecule has 0 saturated carbocycles. The second-order valence-electron chi connectivity index (χ2n) is 7.52. The van der Waals surface area contributed by atoms with Crippen molar-refractivity contribution in [2.45, 2.75) is 26.6 Å². The Kier molecular flexibility index (Phi) is 6.35. The predicted molar refractivity (Wildman–Crippen MR) is 126 cm³/mol. The number of methoxy groups -OCH3 is 1. The average Bonchev–Trinajstić information content (AvgIpc) is 2.86. The highest BCUT2D eigenvalue weighted by molar-refractivity contribution is 5.94. The monoisotopic (exact) mass is 444 g/mol. The Labute approximate surface area is 190 Å². The largest absolute Gasteiger partial charge is 0.497 e. The molecule has 8 nitrogen and oxygen atoms in total. The van der Waals surface area contributed by atoms with E-state index in [4.69, 9.17) is 4.74 Å². The third-order valence-corrected chi connectivity index (χ3v) is 5.45. The van der Waals surface area contributed by atoms with Gasteiger partial charge in [-0.3, -0.25) is 23.5 Å². The molecule has 4 rings (SSSR count). The molecule has 33 heavy (non-hydrogen) atoms. The summed E-state index contributed by atoms with van der Waals surface area (Å²) in [6, 6.07) is 18.0. The Morgan fingerprint density at radius 2 is 1.73 bits per heavy atom. The van der Waals surface area contributed by atoms with Gasteiger partial charge in [0.15, 0.2) is 5.65 Å². The summed E-state index contributed by atoms with van der Waals surface area (Å²) < 4.78 is 8.01. The molecule has 168 valence electrons. The molecule has 4 aromatic rings. The lowest BCUT2D eigenvalue weighted by Crippen LogP contribution is -2.41. The van der Waals surface area contributed by atoms with Crippen LogP contribution in [0.1, 0.15) is 28.4 Å². The van der Waals surface area contributed by atoms with Crippen LogP contribution in [-0.4, -0.2) is 27.1 Å². The summed E-state index contributed by atoms with van der Waals surface area (Å²) in [5.41, 5.74) is 2.08. The molecule has 0 unspecified atom stereocenters. The van der Waals surface area contributed by atoms with Crippen LogP contribution in [0.15, 0.2) is 76.4 Å². The van der Waals surface area contributed by atoms with Gasteiger partial charge in [0.25, 0.3) is 5.91 Å². The van der Waals surface area contributed by atoms with Gasteiger partial charge in [-0.1, -0.05) is 24.3 Å². The first-order valence-electron chi connectivity index (χ1n) is 10.6. The maximum atomic E-state index is 12.7. The predicted octanol–water partition coefficient (Wildman–Crippen LogP) is 2.57. The van der Waals surface area contributed by atoms with Gasteiger partial charge >= 0.3 is 11.1 Å². The molecule has 0 atom stereocenters. The zero-order valence-corrected chi connectivity index (χ0v) is 18.4. The summed E-state index contributed by atoms with van der Waals surface area (Å²) in [6.07, 6.45) is 1.60. The summed E-state index contributed by atoms with van der Waals surface area (Å²) in [5, 5.41) is 2.89. The van der Waals surface area contributed by atoms with E-state index in [1.54, 1.807) is 56.6 Å². The lowest BCUT2D eigenvalue weighted by atomic mass is 10.1. The summed E-state index contributed by atoms with van der Waals surface area (Å²) in [4.78, 5) is 42.1. The van der Waals surface area contributed by atoms with Gasteiger partial charge in [-0.25, -0.2) is 4.98 Å². The number of hydrogen-bond acceptors (Lipinski definition) is 5. The van der Waals surface area contributed by atoms with E-state index in [0.717, 1.165) is 16.9 Å². The number of ether oxygens (including phenoxy) is 1. The van der Waals surface area contributed by atoms with Crippen LogP contribution in [-0.2, 0) is 19.6 Å². The summed E-state index contributed by atoms with van der Waals surface area (Å²) in [6.45, 7) is 2.74. The van der Waals surface area contributed by atoms with Crippen LogP contribution in [0.2, 0.25) is 0 Å². The number of rotatable bonds is 7. The fourth-order valence-electron chi connectivity index (χ4n) is 3.70. The zero-order valence-electron chi connectivity index (χ0n) is 18.4. The van der Waals surface area contributed by atoms with Crippen LogP contribution in [0.5, 0.6) is 5.75 Å². The Morgan fingerprint density at radius 3 is 2.45 bits per heavy atom. The topological polar surface area (TPSA) is 95.2 Å². The van der Waals surface area contributed by atoms with Crippen molar-refractivity contribution in [1.82, 2.24) is 19.4 Å². The normalized spacial score (nSPS) is 10.8. The van der Waals surface area contributed by atoms with Crippen molar-refractivity contribution in [1.29, 1.82) is 0 Å². The number of nitrogens with one attached hydrogen (secondary N) is 1. The van der Waals surface area contributed by atoms with E-state index in [1.165, 1.54) is 9.13 Å². The van der Waals surface area contributed by atoms with Gasteiger partial charge in [0.05, 0.1) is 19.2 Å². The maximum Gasteiger partial charge on any atom is 0.318 e. The number of nitrogens with zero attached hydrogens (tertiary/aromatic N) is 3. The second-order valence-corrected chi connectivity index (χ2v) is 7.52. The highest BCUT2D eigenvalue weighted by atomic mass is 16.5. The molecule has 0 aliphatic rings. The molecule has 0 aliphatic heterocycles. The number of carbonyl (C=O) groups is 1. The fraction of sp³-hybridized carbons (Fsp3) is 0.200. The van der Waals surface area contributed by atoms with Crippen LogP contribution >= 0.6 is 0 Å².